The fourth-order valence-corrected chi connectivity index (χ4v) is 11.5. The van der Waals surface area contributed by atoms with E-state index in [1.54, 1.807) is 63.6 Å². The number of likely N-dealkylation sites (N-methyl/N-ethyl adjacent to an activating group) is 1. The topological polar surface area (TPSA) is 199 Å². The van der Waals surface area contributed by atoms with Crippen molar-refractivity contribution in [2.24, 2.45) is 5.92 Å². The number of imide groups is 1. The summed E-state index contributed by atoms with van der Waals surface area (Å²) in [5.41, 5.74) is 3.00. The van der Waals surface area contributed by atoms with Crippen molar-refractivity contribution in [2.75, 3.05) is 72.3 Å². The van der Waals surface area contributed by atoms with Gasteiger partial charge in [-0.25, -0.2) is 9.59 Å². The standard InChI is InChI=1S/C53H56BClN6O12S/c1-4-58-23-24-59(50(66)49(58)65)53(68)57-44(35-10-6-5-7-11-35)41(62)28-40-48(64)60-45(52(67)73-54)36(32-74-51(40)60)29-61(25-8-9-26-61)27-22-56-47(63)39-20-21-42(71-30-33-12-16-37(69-2)17-13-33)46(43(39)55)72-31-34-14-18-38(70-3)19-15-34/h5-7,10-21,40,44,51H,4,8-9,22-32H2,1-3H3,(H-,56,57,63,68)/p+1/t40-,44-,51-/m1/s1. The van der Waals surface area contributed by atoms with E-state index >= 15 is 0 Å². The number of nitrogens with one attached hydrogen (secondary N) is 2. The van der Waals surface area contributed by atoms with E-state index in [4.69, 9.17) is 43.3 Å². The molecule has 0 spiro atoms. The molecule has 386 valence electrons. The van der Waals surface area contributed by atoms with Gasteiger partial charge in [-0.15, -0.1) is 11.8 Å². The van der Waals surface area contributed by atoms with Crippen LogP contribution in [0.15, 0.2) is 102 Å². The van der Waals surface area contributed by atoms with Crippen molar-refractivity contribution >= 4 is 72.8 Å². The quantitative estimate of drug-likeness (QED) is 0.0468. The van der Waals surface area contributed by atoms with Crippen molar-refractivity contribution in [3.05, 3.63) is 130 Å². The first-order valence-corrected chi connectivity index (χ1v) is 25.7. The van der Waals surface area contributed by atoms with Gasteiger partial charge in [-0.2, -0.15) is 0 Å². The number of hydrogen-bond donors (Lipinski definition) is 2. The average Bonchev–Trinajstić information content (AvgIpc) is 3.90. The first kappa shape index (κ1) is 53.3. The molecule has 3 saturated heterocycles. The van der Waals surface area contributed by atoms with Crippen molar-refractivity contribution in [3.8, 4) is 23.0 Å². The molecule has 0 aromatic heterocycles. The van der Waals surface area contributed by atoms with Crippen molar-refractivity contribution < 1.29 is 61.6 Å². The summed E-state index contributed by atoms with van der Waals surface area (Å²) in [5.74, 6) is -2.67. The van der Waals surface area contributed by atoms with Crippen molar-refractivity contribution in [3.63, 3.8) is 0 Å². The SMILES string of the molecule is [B]OC(=O)C1=C(C[N+]2(CCNC(=O)c3ccc(OCc4ccc(OC)cc4)c(OCc4ccc(OC)cc4)c3Cl)CCCC2)CS[C@@H]2[C@H](CC(=O)[C@H](NC(=O)N3CCN(CC)C(=O)C3=O)c3ccccc3)C(=O)N12. The number of ketones is 1. The van der Waals surface area contributed by atoms with Gasteiger partial charge in [0.2, 0.25) is 5.91 Å². The second-order valence-electron chi connectivity index (χ2n) is 18.3. The lowest BCUT2D eigenvalue weighted by atomic mass is 9.87. The van der Waals surface area contributed by atoms with Gasteiger partial charge in [0.15, 0.2) is 17.3 Å². The number of rotatable bonds is 21. The molecular formula is C53H57BClN6O12S+. The molecule has 0 saturated carbocycles. The van der Waals surface area contributed by atoms with Gasteiger partial charge in [0.05, 0.1) is 62.3 Å². The van der Waals surface area contributed by atoms with Crippen LogP contribution in [0.4, 0.5) is 4.79 Å². The number of ether oxygens (including phenoxy) is 4. The van der Waals surface area contributed by atoms with E-state index in [9.17, 15) is 33.6 Å². The number of nitrogens with zero attached hydrogens (tertiary/aromatic N) is 4. The Kier molecular flexibility index (Phi) is 17.2. The Morgan fingerprint density at radius 2 is 1.49 bits per heavy atom. The second kappa shape index (κ2) is 23.9. The number of benzene rings is 4. The molecule has 3 fully saturated rings. The van der Waals surface area contributed by atoms with E-state index in [1.807, 2.05) is 48.5 Å². The number of amides is 6. The molecule has 21 heteroatoms. The molecule has 18 nitrogen and oxygen atoms in total. The number of urea groups is 1. The number of halogens is 1. The van der Waals surface area contributed by atoms with E-state index < -0.39 is 58.7 Å². The molecule has 4 aliphatic heterocycles. The molecule has 8 rings (SSSR count). The van der Waals surface area contributed by atoms with Crippen LogP contribution in [0.25, 0.3) is 0 Å². The molecule has 0 aliphatic carbocycles. The maximum Gasteiger partial charge on any atom is 0.378 e. The predicted molar refractivity (Wildman–Crippen MR) is 274 cm³/mol. The number of likely N-dealkylation sites (tertiary alicyclic amines) is 1. The minimum Gasteiger partial charge on any atom is -0.539 e. The molecular weight excluding hydrogens is 991 g/mol. The molecule has 0 unspecified atom stereocenters. The number of fused-ring (bicyclic) bond motifs is 1. The number of Topliss-reactive ketones (excluding diaryl/α,β-unsaturated/α-hetero) is 1. The van der Waals surface area contributed by atoms with Gasteiger partial charge < -0.3 is 43.6 Å². The summed E-state index contributed by atoms with van der Waals surface area (Å²) in [7, 11) is 8.68. The second-order valence-corrected chi connectivity index (χ2v) is 19.8. The largest absolute Gasteiger partial charge is 0.539 e. The number of hydrogen-bond acceptors (Lipinski definition) is 13. The molecule has 6 amide bonds. The van der Waals surface area contributed by atoms with Crippen molar-refractivity contribution in [1.29, 1.82) is 0 Å². The fourth-order valence-electron chi connectivity index (χ4n) is 9.78. The Balaban J connectivity index is 0.941. The Labute approximate surface area is 439 Å². The number of β-lactam (4-membered cyclic amide) rings is 1. The summed E-state index contributed by atoms with van der Waals surface area (Å²) in [6.45, 7) is 5.06. The zero-order chi connectivity index (χ0) is 52.5. The summed E-state index contributed by atoms with van der Waals surface area (Å²) >= 11 is 8.41. The van der Waals surface area contributed by atoms with Crippen LogP contribution in [0.2, 0.25) is 5.02 Å². The Morgan fingerprint density at radius 3 is 2.11 bits per heavy atom. The van der Waals surface area contributed by atoms with Gasteiger partial charge >= 0.3 is 31.9 Å². The van der Waals surface area contributed by atoms with Crippen LogP contribution in [-0.2, 0) is 41.8 Å². The van der Waals surface area contributed by atoms with Gasteiger partial charge in [0.1, 0.15) is 43.0 Å². The molecule has 4 heterocycles. The minimum absolute atomic E-state index is 0.0314. The molecule has 0 bridgehead atoms. The summed E-state index contributed by atoms with van der Waals surface area (Å²) in [5, 5.41) is 5.15. The number of piperazine rings is 1. The molecule has 2 radical (unpaired) electrons. The molecule has 3 atom stereocenters. The number of carbonyl (C=O) groups is 7. The summed E-state index contributed by atoms with van der Waals surface area (Å²) in [4.78, 5) is 98.2. The molecule has 4 aromatic rings. The van der Waals surface area contributed by atoms with Crippen LogP contribution >= 0.6 is 23.4 Å². The normalized spacial score (nSPS) is 18.5. The number of methoxy groups -OCH3 is 2. The molecule has 74 heavy (non-hydrogen) atoms. The first-order valence-electron chi connectivity index (χ1n) is 24.3. The highest BCUT2D eigenvalue weighted by molar-refractivity contribution is 8.00. The Hall–Kier alpha value is -7.03. The smallest absolute Gasteiger partial charge is 0.378 e. The van der Waals surface area contributed by atoms with Crippen LogP contribution < -0.4 is 29.6 Å². The first-order chi connectivity index (χ1) is 35.8. The van der Waals surface area contributed by atoms with Crippen molar-refractivity contribution in [1.82, 2.24) is 25.3 Å². The highest BCUT2D eigenvalue weighted by atomic mass is 35.5. The minimum atomic E-state index is -1.24. The molecule has 2 N–H and O–H groups in total. The Morgan fingerprint density at radius 1 is 0.838 bits per heavy atom. The van der Waals surface area contributed by atoms with E-state index in [0.717, 1.165) is 42.0 Å². The van der Waals surface area contributed by atoms with Crippen molar-refractivity contribution in [2.45, 2.75) is 50.8 Å². The maximum absolute atomic E-state index is 14.2. The summed E-state index contributed by atoms with van der Waals surface area (Å²) in [6.07, 6.45) is 1.51. The van der Waals surface area contributed by atoms with Gasteiger partial charge in [0.25, 0.3) is 5.91 Å². The number of thioether (sulfide) groups is 1. The third-order valence-corrected chi connectivity index (χ3v) is 15.6. The monoisotopic (exact) mass is 1050 g/mol. The van der Waals surface area contributed by atoms with Crippen LogP contribution in [-0.4, -0.2) is 146 Å². The molecule has 4 aromatic carbocycles. The third kappa shape index (κ3) is 11.7. The third-order valence-electron chi connectivity index (χ3n) is 13.9. The van der Waals surface area contributed by atoms with Crippen LogP contribution in [0.5, 0.6) is 23.0 Å². The van der Waals surface area contributed by atoms with E-state index in [1.165, 1.54) is 21.6 Å². The van der Waals surface area contributed by atoms with Gasteiger partial charge in [-0.05, 0) is 60.0 Å². The van der Waals surface area contributed by atoms with Gasteiger partial charge in [-0.1, -0.05) is 66.2 Å². The lowest BCUT2D eigenvalue weighted by Gasteiger charge is -2.50. The van der Waals surface area contributed by atoms with E-state index in [0.29, 0.717) is 58.3 Å². The highest BCUT2D eigenvalue weighted by Crippen LogP contribution is 2.47. The summed E-state index contributed by atoms with van der Waals surface area (Å²) < 4.78 is 28.3. The number of carbonyl (C=O) groups excluding carboxylic acids is 7. The number of quaternary nitrogens is 1. The predicted octanol–water partition coefficient (Wildman–Crippen LogP) is 5.37. The van der Waals surface area contributed by atoms with Gasteiger partial charge in [0, 0.05) is 50.2 Å². The average molecular weight is 1050 g/mol. The lowest BCUT2D eigenvalue weighted by molar-refractivity contribution is -0.911. The van der Waals surface area contributed by atoms with E-state index in [-0.39, 0.29) is 61.3 Å². The van der Waals surface area contributed by atoms with Crippen LogP contribution in [0.3, 0.4) is 0 Å². The van der Waals surface area contributed by atoms with E-state index in [2.05, 4.69) is 10.6 Å². The van der Waals surface area contributed by atoms with Crippen LogP contribution in [0.1, 0.15) is 59.3 Å². The van der Waals surface area contributed by atoms with Gasteiger partial charge in [-0.3, -0.25) is 33.8 Å². The Bertz CT molecular complexity index is 2800. The fraction of sp³-hybridized carbons (Fsp3) is 0.377. The lowest BCUT2D eigenvalue weighted by Crippen LogP contribution is -2.63. The zero-order valence-electron chi connectivity index (χ0n) is 41.3. The van der Waals surface area contributed by atoms with Crippen LogP contribution in [0, 0.1) is 5.92 Å². The highest BCUT2D eigenvalue weighted by Gasteiger charge is 2.55. The summed E-state index contributed by atoms with van der Waals surface area (Å²) in [6, 6.07) is 24.3. The zero-order valence-corrected chi connectivity index (χ0v) is 42.9. The maximum atomic E-state index is 14.2. The molecule has 4 aliphatic rings.